The summed E-state index contributed by atoms with van der Waals surface area (Å²) in [7, 11) is 0. The van der Waals surface area contributed by atoms with Crippen molar-refractivity contribution in [3.63, 3.8) is 0 Å². The first-order valence-corrected chi connectivity index (χ1v) is 6.07. The molecule has 0 aromatic carbocycles. The van der Waals surface area contributed by atoms with Crippen LogP contribution >= 0.6 is 0 Å². The van der Waals surface area contributed by atoms with Crippen LogP contribution in [0.15, 0.2) is 45.6 Å². The summed E-state index contributed by atoms with van der Waals surface area (Å²) < 4.78 is 10.7. The highest BCUT2D eigenvalue weighted by Crippen LogP contribution is 2.14. The van der Waals surface area contributed by atoms with Gasteiger partial charge in [-0.15, -0.1) is 0 Å². The summed E-state index contributed by atoms with van der Waals surface area (Å²) in [5.41, 5.74) is 0. The van der Waals surface area contributed by atoms with Crippen molar-refractivity contribution < 1.29 is 8.83 Å². The van der Waals surface area contributed by atoms with Crippen LogP contribution in [-0.4, -0.2) is 6.04 Å². The predicted octanol–water partition coefficient (Wildman–Crippen LogP) is 3.54. The van der Waals surface area contributed by atoms with E-state index in [1.54, 1.807) is 12.5 Å². The third-order valence-electron chi connectivity index (χ3n) is 2.91. The Morgan fingerprint density at radius 1 is 1.12 bits per heavy atom. The van der Waals surface area contributed by atoms with Gasteiger partial charge in [-0.2, -0.15) is 0 Å². The fourth-order valence-electron chi connectivity index (χ4n) is 1.94. The first-order valence-electron chi connectivity index (χ1n) is 6.07. The molecular weight excluding hydrogens is 214 g/mol. The molecule has 0 radical (unpaired) electrons. The molecule has 0 saturated carbocycles. The van der Waals surface area contributed by atoms with Crippen molar-refractivity contribution in [1.82, 2.24) is 5.32 Å². The second kappa shape index (κ2) is 5.73. The lowest BCUT2D eigenvalue weighted by atomic mass is 10.1. The number of furan rings is 2. The molecule has 2 unspecified atom stereocenters. The van der Waals surface area contributed by atoms with Gasteiger partial charge in [0.05, 0.1) is 18.6 Å². The van der Waals surface area contributed by atoms with Crippen LogP contribution < -0.4 is 5.32 Å². The minimum absolute atomic E-state index is 0.247. The summed E-state index contributed by atoms with van der Waals surface area (Å²) >= 11 is 0. The maximum Gasteiger partial charge on any atom is 0.120 e. The minimum Gasteiger partial charge on any atom is -0.469 e. The van der Waals surface area contributed by atoms with Gasteiger partial charge in [0.15, 0.2) is 0 Å². The molecule has 17 heavy (non-hydrogen) atoms. The molecule has 2 atom stereocenters. The van der Waals surface area contributed by atoms with Gasteiger partial charge in [-0.3, -0.25) is 0 Å². The molecule has 0 aliphatic carbocycles. The summed E-state index contributed by atoms with van der Waals surface area (Å²) in [4.78, 5) is 0. The second-order valence-electron chi connectivity index (χ2n) is 4.42. The quantitative estimate of drug-likeness (QED) is 0.829. The molecule has 0 spiro atoms. The number of hydrogen-bond acceptors (Lipinski definition) is 3. The molecule has 0 amide bonds. The number of nitrogens with one attached hydrogen (secondary N) is 1. The molecule has 2 aromatic heterocycles. The van der Waals surface area contributed by atoms with Crippen molar-refractivity contribution in [2.24, 2.45) is 0 Å². The first kappa shape index (κ1) is 12.0. The fraction of sp³-hybridized carbons (Fsp3) is 0.429. The average Bonchev–Trinajstić information content (AvgIpc) is 2.99. The van der Waals surface area contributed by atoms with Crippen LogP contribution in [0.25, 0.3) is 0 Å². The first-order chi connectivity index (χ1) is 8.25. The van der Waals surface area contributed by atoms with Crippen molar-refractivity contribution in [2.45, 2.75) is 38.8 Å². The largest absolute Gasteiger partial charge is 0.469 e. The Morgan fingerprint density at radius 3 is 2.53 bits per heavy atom. The monoisotopic (exact) mass is 233 g/mol. The lowest BCUT2D eigenvalue weighted by Gasteiger charge is -2.17. The van der Waals surface area contributed by atoms with Crippen LogP contribution in [-0.2, 0) is 6.42 Å². The zero-order valence-electron chi connectivity index (χ0n) is 10.3. The van der Waals surface area contributed by atoms with Crippen LogP contribution in [0.5, 0.6) is 0 Å². The van der Waals surface area contributed by atoms with E-state index < -0.39 is 0 Å². The van der Waals surface area contributed by atoms with E-state index >= 15 is 0 Å². The summed E-state index contributed by atoms with van der Waals surface area (Å²) in [5.74, 6) is 2.03. The van der Waals surface area contributed by atoms with Crippen molar-refractivity contribution in [2.75, 3.05) is 0 Å². The molecular formula is C14H19NO2. The zero-order valence-corrected chi connectivity index (χ0v) is 10.3. The van der Waals surface area contributed by atoms with E-state index in [-0.39, 0.29) is 6.04 Å². The Hall–Kier alpha value is -1.48. The zero-order chi connectivity index (χ0) is 12.1. The Bertz CT molecular complexity index is 405. The summed E-state index contributed by atoms with van der Waals surface area (Å²) in [6.07, 6.45) is 5.45. The van der Waals surface area contributed by atoms with Gasteiger partial charge in [0.2, 0.25) is 0 Å². The number of aryl methyl sites for hydroxylation is 1. The SMILES string of the molecule is CC(CCc1ccco1)NC(C)c1ccco1. The van der Waals surface area contributed by atoms with Gasteiger partial charge in [-0.1, -0.05) is 0 Å². The van der Waals surface area contributed by atoms with E-state index in [1.807, 2.05) is 24.3 Å². The van der Waals surface area contributed by atoms with E-state index in [0.29, 0.717) is 6.04 Å². The highest BCUT2D eigenvalue weighted by Gasteiger charge is 2.11. The van der Waals surface area contributed by atoms with E-state index in [1.165, 1.54) is 0 Å². The second-order valence-corrected chi connectivity index (χ2v) is 4.42. The third kappa shape index (κ3) is 3.49. The van der Waals surface area contributed by atoms with E-state index in [2.05, 4.69) is 19.2 Å². The molecule has 0 fully saturated rings. The molecule has 2 rings (SSSR count). The Morgan fingerprint density at radius 2 is 1.88 bits per heavy atom. The average molecular weight is 233 g/mol. The van der Waals surface area contributed by atoms with E-state index in [4.69, 9.17) is 8.83 Å². The van der Waals surface area contributed by atoms with Gasteiger partial charge in [0.25, 0.3) is 0 Å². The molecule has 1 N–H and O–H groups in total. The fourth-order valence-corrected chi connectivity index (χ4v) is 1.94. The van der Waals surface area contributed by atoms with Gasteiger partial charge in [-0.25, -0.2) is 0 Å². The van der Waals surface area contributed by atoms with Crippen LogP contribution in [0.4, 0.5) is 0 Å². The summed E-state index contributed by atoms with van der Waals surface area (Å²) in [6, 6.07) is 8.54. The number of hydrogen-bond donors (Lipinski definition) is 1. The third-order valence-corrected chi connectivity index (χ3v) is 2.91. The highest BCUT2D eigenvalue weighted by molar-refractivity contribution is 5.03. The maximum absolute atomic E-state index is 5.37. The summed E-state index contributed by atoms with van der Waals surface area (Å²) in [6.45, 7) is 4.30. The highest BCUT2D eigenvalue weighted by atomic mass is 16.3. The van der Waals surface area contributed by atoms with Crippen LogP contribution in [0.2, 0.25) is 0 Å². The Balaban J connectivity index is 1.75. The van der Waals surface area contributed by atoms with Gasteiger partial charge < -0.3 is 14.2 Å². The molecule has 0 aliphatic heterocycles. The van der Waals surface area contributed by atoms with E-state index in [0.717, 1.165) is 24.4 Å². The minimum atomic E-state index is 0.247. The molecule has 2 aromatic rings. The van der Waals surface area contributed by atoms with Crippen LogP contribution in [0.1, 0.15) is 37.8 Å². The molecule has 0 bridgehead atoms. The molecule has 3 nitrogen and oxygen atoms in total. The molecule has 2 heterocycles. The Kier molecular flexibility index (Phi) is 4.04. The van der Waals surface area contributed by atoms with Gasteiger partial charge in [0.1, 0.15) is 11.5 Å². The van der Waals surface area contributed by atoms with Crippen molar-refractivity contribution in [3.8, 4) is 0 Å². The molecule has 3 heteroatoms. The lowest BCUT2D eigenvalue weighted by molar-refractivity contribution is 0.381. The predicted molar refractivity (Wildman–Crippen MR) is 66.7 cm³/mol. The smallest absolute Gasteiger partial charge is 0.120 e. The van der Waals surface area contributed by atoms with Crippen molar-refractivity contribution in [3.05, 3.63) is 48.3 Å². The van der Waals surface area contributed by atoms with Gasteiger partial charge >= 0.3 is 0 Å². The van der Waals surface area contributed by atoms with Crippen LogP contribution in [0, 0.1) is 0 Å². The van der Waals surface area contributed by atoms with Gasteiger partial charge in [-0.05, 0) is 44.5 Å². The van der Waals surface area contributed by atoms with Gasteiger partial charge in [0, 0.05) is 12.5 Å². The topological polar surface area (TPSA) is 38.3 Å². The standard InChI is InChI=1S/C14H19NO2/c1-11(7-8-13-5-3-9-16-13)15-12(2)14-6-4-10-17-14/h3-6,9-12,15H,7-8H2,1-2H3. The lowest BCUT2D eigenvalue weighted by Crippen LogP contribution is -2.29. The Labute approximate surface area is 102 Å². The molecule has 0 aliphatic rings. The number of rotatable bonds is 6. The summed E-state index contributed by atoms with van der Waals surface area (Å²) in [5, 5.41) is 3.51. The molecule has 92 valence electrons. The normalized spacial score (nSPS) is 14.7. The van der Waals surface area contributed by atoms with Crippen LogP contribution in [0.3, 0.4) is 0 Å². The maximum atomic E-state index is 5.37. The van der Waals surface area contributed by atoms with Crippen molar-refractivity contribution >= 4 is 0 Å². The van der Waals surface area contributed by atoms with Crippen molar-refractivity contribution in [1.29, 1.82) is 0 Å². The van der Waals surface area contributed by atoms with E-state index in [9.17, 15) is 0 Å². The molecule has 0 saturated heterocycles.